The second-order valence-electron chi connectivity index (χ2n) is 6.83. The Morgan fingerprint density at radius 3 is 2.62 bits per heavy atom. The van der Waals surface area contributed by atoms with Crippen molar-refractivity contribution in [3.05, 3.63) is 42.2 Å². The Labute approximate surface area is 143 Å². The summed E-state index contributed by atoms with van der Waals surface area (Å²) in [5.74, 6) is 0.979. The number of hydrogen-bond donors (Lipinski definition) is 0. The quantitative estimate of drug-likeness (QED) is 0.845. The van der Waals surface area contributed by atoms with Gasteiger partial charge in [0.25, 0.3) is 0 Å². The molecule has 3 rings (SSSR count). The fourth-order valence-corrected chi connectivity index (χ4v) is 3.12. The van der Waals surface area contributed by atoms with Crippen molar-refractivity contribution < 1.29 is 23.7 Å². The minimum Gasteiger partial charge on any atom is -0.497 e. The summed E-state index contributed by atoms with van der Waals surface area (Å²) in [4.78, 5) is 0. The van der Waals surface area contributed by atoms with Crippen LogP contribution in [-0.2, 0) is 25.6 Å². The van der Waals surface area contributed by atoms with Crippen molar-refractivity contribution in [3.8, 4) is 5.75 Å². The highest BCUT2D eigenvalue weighted by Gasteiger charge is 2.48. The second kappa shape index (κ2) is 6.75. The lowest BCUT2D eigenvalue weighted by Gasteiger charge is -2.48. The summed E-state index contributed by atoms with van der Waals surface area (Å²) in [6.45, 7) is 10.9. The first-order valence-corrected chi connectivity index (χ1v) is 8.31. The van der Waals surface area contributed by atoms with Crippen LogP contribution in [0.2, 0.25) is 0 Å². The van der Waals surface area contributed by atoms with Gasteiger partial charge in [0.05, 0.1) is 32.2 Å². The van der Waals surface area contributed by atoms with Crippen LogP contribution >= 0.6 is 0 Å². The molecule has 0 unspecified atom stereocenters. The lowest BCUT2D eigenvalue weighted by Crippen LogP contribution is -2.59. The minimum absolute atomic E-state index is 0.0541. The Balaban J connectivity index is 1.71. The van der Waals surface area contributed by atoms with E-state index in [1.54, 1.807) is 7.11 Å². The molecule has 0 amide bonds. The summed E-state index contributed by atoms with van der Waals surface area (Å²) in [5.41, 5.74) is 1.09. The van der Waals surface area contributed by atoms with E-state index < -0.39 is 5.79 Å². The van der Waals surface area contributed by atoms with Crippen LogP contribution in [0.4, 0.5) is 0 Å². The molecule has 0 bridgehead atoms. The van der Waals surface area contributed by atoms with Crippen molar-refractivity contribution in [2.75, 3.05) is 13.7 Å². The van der Waals surface area contributed by atoms with Crippen molar-refractivity contribution in [3.63, 3.8) is 0 Å². The molecule has 132 valence electrons. The number of fused-ring (bicyclic) bond motifs is 1. The molecule has 5 heteroatoms. The van der Waals surface area contributed by atoms with Crippen LogP contribution < -0.4 is 4.74 Å². The molecule has 2 aliphatic heterocycles. The van der Waals surface area contributed by atoms with E-state index in [4.69, 9.17) is 23.7 Å². The predicted octanol–water partition coefficient (Wildman–Crippen LogP) is 3.28. The first-order valence-electron chi connectivity index (χ1n) is 8.31. The van der Waals surface area contributed by atoms with Crippen LogP contribution in [0.5, 0.6) is 5.75 Å². The Kier molecular flexibility index (Phi) is 4.85. The van der Waals surface area contributed by atoms with Crippen LogP contribution in [0.25, 0.3) is 0 Å². The zero-order valence-corrected chi connectivity index (χ0v) is 14.8. The topological polar surface area (TPSA) is 46.2 Å². The van der Waals surface area contributed by atoms with Gasteiger partial charge in [-0.3, -0.25) is 0 Å². The fraction of sp³-hybridized carbons (Fsp3) is 0.579. The van der Waals surface area contributed by atoms with Gasteiger partial charge in [-0.2, -0.15) is 0 Å². The first kappa shape index (κ1) is 17.3. The van der Waals surface area contributed by atoms with Crippen molar-refractivity contribution in [2.45, 2.75) is 51.5 Å². The SMILES string of the molecule is C=C1O[C@@H]2COC(C)(C)O[C@H]2[C@H](OCc2ccc(OC)cc2)[C@H]1C. The van der Waals surface area contributed by atoms with Gasteiger partial charge in [-0.15, -0.1) is 0 Å². The maximum Gasteiger partial charge on any atom is 0.163 e. The first-order chi connectivity index (χ1) is 11.4. The molecule has 1 aromatic carbocycles. The minimum atomic E-state index is -0.634. The summed E-state index contributed by atoms with van der Waals surface area (Å²) in [6.07, 6.45) is -0.475. The molecule has 5 nitrogen and oxygen atoms in total. The number of ether oxygens (including phenoxy) is 5. The summed E-state index contributed by atoms with van der Waals surface area (Å²) in [6, 6.07) is 7.87. The van der Waals surface area contributed by atoms with Crippen molar-refractivity contribution >= 4 is 0 Å². The number of benzene rings is 1. The smallest absolute Gasteiger partial charge is 0.163 e. The highest BCUT2D eigenvalue weighted by Crippen LogP contribution is 2.37. The third-order valence-corrected chi connectivity index (χ3v) is 4.61. The summed E-state index contributed by atoms with van der Waals surface area (Å²) < 4.78 is 29.1. The number of rotatable bonds is 4. The maximum absolute atomic E-state index is 6.23. The van der Waals surface area contributed by atoms with E-state index in [9.17, 15) is 0 Å². The molecular formula is C19H26O5. The molecule has 0 radical (unpaired) electrons. The third kappa shape index (κ3) is 3.58. The van der Waals surface area contributed by atoms with Gasteiger partial charge in [-0.05, 0) is 31.5 Å². The monoisotopic (exact) mass is 334 g/mol. The Morgan fingerprint density at radius 2 is 1.96 bits per heavy atom. The van der Waals surface area contributed by atoms with Crippen LogP contribution in [-0.4, -0.2) is 37.8 Å². The highest BCUT2D eigenvalue weighted by atomic mass is 16.7. The van der Waals surface area contributed by atoms with Gasteiger partial charge in [-0.1, -0.05) is 25.6 Å². The summed E-state index contributed by atoms with van der Waals surface area (Å²) in [7, 11) is 1.66. The molecule has 2 heterocycles. The van der Waals surface area contributed by atoms with Crippen LogP contribution in [0, 0.1) is 5.92 Å². The van der Waals surface area contributed by atoms with Gasteiger partial charge in [0.2, 0.25) is 0 Å². The molecule has 0 aliphatic carbocycles. The third-order valence-electron chi connectivity index (χ3n) is 4.61. The van der Waals surface area contributed by atoms with E-state index in [1.165, 1.54) is 0 Å². The highest BCUT2D eigenvalue weighted by molar-refractivity contribution is 5.26. The van der Waals surface area contributed by atoms with Crippen LogP contribution in [0.1, 0.15) is 26.3 Å². The molecule has 0 spiro atoms. The lowest BCUT2D eigenvalue weighted by atomic mass is 9.90. The molecule has 4 atom stereocenters. The zero-order valence-electron chi connectivity index (χ0n) is 14.8. The van der Waals surface area contributed by atoms with Crippen molar-refractivity contribution in [1.82, 2.24) is 0 Å². The molecule has 1 aromatic rings. The van der Waals surface area contributed by atoms with Gasteiger partial charge >= 0.3 is 0 Å². The molecule has 0 aromatic heterocycles. The molecule has 0 N–H and O–H groups in total. The Morgan fingerprint density at radius 1 is 1.25 bits per heavy atom. The van der Waals surface area contributed by atoms with E-state index in [0.717, 1.165) is 17.1 Å². The molecular weight excluding hydrogens is 308 g/mol. The van der Waals surface area contributed by atoms with Gasteiger partial charge < -0.3 is 23.7 Å². The van der Waals surface area contributed by atoms with E-state index in [2.05, 4.69) is 13.5 Å². The van der Waals surface area contributed by atoms with E-state index in [0.29, 0.717) is 13.2 Å². The Hall–Kier alpha value is -1.56. The van der Waals surface area contributed by atoms with E-state index in [-0.39, 0.29) is 24.2 Å². The normalized spacial score (nSPS) is 31.9. The fourth-order valence-electron chi connectivity index (χ4n) is 3.12. The van der Waals surface area contributed by atoms with Crippen molar-refractivity contribution in [2.24, 2.45) is 5.92 Å². The maximum atomic E-state index is 6.23. The van der Waals surface area contributed by atoms with Crippen LogP contribution in [0.3, 0.4) is 0 Å². The molecule has 2 fully saturated rings. The van der Waals surface area contributed by atoms with Crippen molar-refractivity contribution in [1.29, 1.82) is 0 Å². The van der Waals surface area contributed by atoms with Crippen LogP contribution in [0.15, 0.2) is 36.6 Å². The zero-order chi connectivity index (χ0) is 17.3. The van der Waals surface area contributed by atoms with Gasteiger partial charge in [-0.25, -0.2) is 0 Å². The predicted molar refractivity (Wildman–Crippen MR) is 89.7 cm³/mol. The van der Waals surface area contributed by atoms with E-state index in [1.807, 2.05) is 38.1 Å². The number of methoxy groups -OCH3 is 1. The van der Waals surface area contributed by atoms with Gasteiger partial charge in [0, 0.05) is 5.92 Å². The summed E-state index contributed by atoms with van der Waals surface area (Å²) >= 11 is 0. The molecule has 0 saturated carbocycles. The Bertz CT molecular complexity index is 580. The average molecular weight is 334 g/mol. The molecule has 2 aliphatic rings. The second-order valence-corrected chi connectivity index (χ2v) is 6.83. The standard InChI is InChI=1S/C19H26O5/c1-12-13(2)23-16-11-22-19(3,4)24-18(16)17(12)21-10-14-6-8-15(20-5)9-7-14/h6-9,12,16-18H,2,10-11H2,1,3-5H3/t12-,16+,17+,18+/m0/s1. The lowest BCUT2D eigenvalue weighted by molar-refractivity contribution is -0.338. The van der Waals surface area contributed by atoms with E-state index >= 15 is 0 Å². The summed E-state index contributed by atoms with van der Waals surface area (Å²) in [5, 5.41) is 0. The van der Waals surface area contributed by atoms with Gasteiger partial charge in [0.15, 0.2) is 11.9 Å². The van der Waals surface area contributed by atoms with Gasteiger partial charge in [0.1, 0.15) is 11.9 Å². The molecule has 24 heavy (non-hydrogen) atoms. The largest absolute Gasteiger partial charge is 0.497 e. The molecule has 2 saturated heterocycles. The number of hydrogen-bond acceptors (Lipinski definition) is 5. The average Bonchev–Trinajstić information content (AvgIpc) is 2.56.